The second-order valence-corrected chi connectivity index (χ2v) is 9.91. The zero-order valence-electron chi connectivity index (χ0n) is 16.7. The van der Waals surface area contributed by atoms with Gasteiger partial charge in [0.1, 0.15) is 22.2 Å². The Bertz CT molecular complexity index is 1280. The molecule has 3 aromatic heterocycles. The van der Waals surface area contributed by atoms with Gasteiger partial charge in [-0.2, -0.15) is 10.2 Å². The van der Waals surface area contributed by atoms with Gasteiger partial charge in [0.15, 0.2) is 5.65 Å². The predicted molar refractivity (Wildman–Crippen MR) is 115 cm³/mol. The molecule has 4 heterocycles. The van der Waals surface area contributed by atoms with Gasteiger partial charge < -0.3 is 0 Å². The van der Waals surface area contributed by atoms with Crippen LogP contribution in [0.3, 0.4) is 0 Å². The molecule has 8 radical (unpaired) electrons. The van der Waals surface area contributed by atoms with E-state index >= 15 is 0 Å². The van der Waals surface area contributed by atoms with Crippen LogP contribution in [0.15, 0.2) is 23.5 Å². The van der Waals surface area contributed by atoms with Crippen LogP contribution in [0.2, 0.25) is 5.15 Å². The van der Waals surface area contributed by atoms with Crippen LogP contribution >= 0.6 is 11.6 Å². The van der Waals surface area contributed by atoms with Gasteiger partial charge in [-0.1, -0.05) is 11.6 Å². The molecule has 1 aliphatic heterocycles. The second kappa shape index (κ2) is 7.11. The lowest BCUT2D eigenvalue weighted by Crippen LogP contribution is -2.68. The lowest BCUT2D eigenvalue weighted by molar-refractivity contribution is 0.206. The smallest absolute Gasteiger partial charge is 0.246 e. The molecule has 0 aromatic carbocycles. The minimum atomic E-state index is -4.46. The summed E-state index contributed by atoms with van der Waals surface area (Å²) in [5, 5.41) is 3.75. The summed E-state index contributed by atoms with van der Waals surface area (Å²) in [6.45, 7) is 1.47. The summed E-state index contributed by atoms with van der Waals surface area (Å²) in [6.07, 6.45) is 2.37. The molecule has 152 valence electrons. The van der Waals surface area contributed by atoms with E-state index in [4.69, 9.17) is 43.0 Å². The highest BCUT2D eigenvalue weighted by molar-refractivity contribution is 7.89. The van der Waals surface area contributed by atoms with Gasteiger partial charge in [-0.15, -0.1) is 0 Å². The first-order valence-electron chi connectivity index (χ1n) is 9.14. The van der Waals surface area contributed by atoms with Gasteiger partial charge >= 0.3 is 0 Å². The Balaban J connectivity index is 1.79. The third kappa shape index (κ3) is 3.52. The summed E-state index contributed by atoms with van der Waals surface area (Å²) in [4.78, 5) is 3.62. The summed E-state index contributed by atoms with van der Waals surface area (Å²) in [6, 6.07) is 1.20. The number of piperidine rings is 1. The van der Waals surface area contributed by atoms with E-state index in [2.05, 4.69) is 15.2 Å². The van der Waals surface area contributed by atoms with Crippen molar-refractivity contribution < 1.29 is 12.8 Å². The van der Waals surface area contributed by atoms with E-state index in [9.17, 15) is 12.8 Å². The van der Waals surface area contributed by atoms with Gasteiger partial charge in [-0.3, -0.25) is 4.68 Å². The molecule has 0 unspecified atom stereocenters. The number of sulfonamides is 1. The average molecular weight is 452 g/mol. The highest BCUT2D eigenvalue weighted by Crippen LogP contribution is 2.45. The fraction of sp³-hybridized carbons (Fsp3) is 0.438. The van der Waals surface area contributed by atoms with Crippen molar-refractivity contribution >= 4 is 58.7 Å². The molecule has 1 fully saturated rings. The van der Waals surface area contributed by atoms with E-state index in [-0.39, 0.29) is 34.1 Å². The third-order valence-corrected chi connectivity index (χ3v) is 8.05. The third-order valence-electron chi connectivity index (χ3n) is 5.33. The number of aromatic nitrogens is 5. The van der Waals surface area contributed by atoms with Crippen LogP contribution in [-0.2, 0) is 17.1 Å². The summed E-state index contributed by atoms with van der Waals surface area (Å²) in [5.41, 5.74) is 0.622. The maximum absolute atomic E-state index is 14.8. The fourth-order valence-electron chi connectivity index (χ4n) is 4.23. The Labute approximate surface area is 189 Å². The standard InChI is InChI=1S/C16H14B4ClFN6O2S/c1-8-13(14(21)26(2)25-8)31(29,30)28-15(17,18)4-9(5-16(28,19)20)10-6-27-12(3-11(10)22)23-7-24-27/h3,6-7,9H,4-5H2,1-2H3. The maximum atomic E-state index is 14.8. The molecule has 1 aliphatic rings. The van der Waals surface area contributed by atoms with Crippen LogP contribution in [0.25, 0.3) is 5.65 Å². The minimum Gasteiger partial charge on any atom is -0.255 e. The lowest BCUT2D eigenvalue weighted by atomic mass is 9.46. The molecule has 0 N–H and O–H groups in total. The van der Waals surface area contributed by atoms with Crippen LogP contribution in [0, 0.1) is 12.7 Å². The van der Waals surface area contributed by atoms with Crippen LogP contribution in [0.4, 0.5) is 4.39 Å². The zero-order chi connectivity index (χ0) is 22.9. The van der Waals surface area contributed by atoms with Gasteiger partial charge in [0, 0.05) is 24.9 Å². The lowest BCUT2D eigenvalue weighted by Gasteiger charge is -2.56. The van der Waals surface area contributed by atoms with E-state index in [1.54, 1.807) is 0 Å². The molecule has 15 heteroatoms. The van der Waals surface area contributed by atoms with E-state index < -0.39 is 32.4 Å². The number of halogens is 2. The number of hydrogen-bond acceptors (Lipinski definition) is 5. The first-order chi connectivity index (χ1) is 14.3. The first-order valence-corrected chi connectivity index (χ1v) is 11.0. The Morgan fingerprint density at radius 3 is 2.39 bits per heavy atom. The van der Waals surface area contributed by atoms with E-state index in [0.29, 0.717) is 9.95 Å². The molecule has 0 aliphatic carbocycles. The van der Waals surface area contributed by atoms with Crippen molar-refractivity contribution in [3.8, 4) is 0 Å². The van der Waals surface area contributed by atoms with Crippen LogP contribution in [-0.4, -0.2) is 79.2 Å². The van der Waals surface area contributed by atoms with Crippen LogP contribution in [0.1, 0.15) is 30.0 Å². The van der Waals surface area contributed by atoms with Crippen molar-refractivity contribution in [2.45, 2.75) is 41.3 Å². The SMILES string of the molecule is [B]C1([B])CC(c2cn3ncnc3cc2F)CC([B])([B])N1S(=O)(=O)c1c(C)nn(C)c1Cl. The normalized spacial score (nSPS) is 19.7. The van der Waals surface area contributed by atoms with Crippen molar-refractivity contribution in [3.05, 3.63) is 40.8 Å². The van der Waals surface area contributed by atoms with E-state index in [0.717, 1.165) is 0 Å². The quantitative estimate of drug-likeness (QED) is 0.528. The van der Waals surface area contributed by atoms with Gasteiger partial charge in [0.2, 0.25) is 10.0 Å². The Kier molecular flexibility index (Phi) is 5.14. The second-order valence-electron chi connectivity index (χ2n) is 7.83. The summed E-state index contributed by atoms with van der Waals surface area (Å²) >= 11 is 6.16. The molecule has 8 nitrogen and oxygen atoms in total. The molecule has 0 amide bonds. The molecule has 1 saturated heterocycles. The highest BCUT2D eigenvalue weighted by Gasteiger charge is 2.51. The number of nitrogens with zero attached hydrogens (tertiary/aromatic N) is 6. The molecule has 0 atom stereocenters. The van der Waals surface area contributed by atoms with E-state index in [1.165, 1.54) is 41.8 Å². The molecule has 31 heavy (non-hydrogen) atoms. The number of rotatable bonds is 3. The molecule has 0 bridgehead atoms. The maximum Gasteiger partial charge on any atom is 0.246 e. The van der Waals surface area contributed by atoms with Crippen molar-refractivity contribution in [1.29, 1.82) is 0 Å². The van der Waals surface area contributed by atoms with Crippen molar-refractivity contribution in [3.63, 3.8) is 0 Å². The molecule has 4 rings (SSSR count). The molecule has 3 aromatic rings. The monoisotopic (exact) mass is 452 g/mol. The van der Waals surface area contributed by atoms with Gasteiger partial charge in [0.05, 0.1) is 37.1 Å². The minimum absolute atomic E-state index is 0.129. The van der Waals surface area contributed by atoms with Crippen LogP contribution < -0.4 is 0 Å². The van der Waals surface area contributed by atoms with Crippen molar-refractivity contribution in [2.75, 3.05) is 0 Å². The van der Waals surface area contributed by atoms with Gasteiger partial charge in [-0.25, -0.2) is 26.6 Å². The van der Waals surface area contributed by atoms with Crippen LogP contribution in [0.5, 0.6) is 0 Å². The molecular formula is C16H14B4ClFN6O2S. The predicted octanol–water partition coefficient (Wildman–Crippen LogP) is 0.114. The first kappa shape index (κ1) is 22.4. The number of pyridine rings is 1. The van der Waals surface area contributed by atoms with Gasteiger partial charge in [0.25, 0.3) is 0 Å². The Morgan fingerprint density at radius 1 is 1.23 bits per heavy atom. The Morgan fingerprint density at radius 2 is 1.84 bits per heavy atom. The number of aryl methyl sites for hydroxylation is 2. The summed E-state index contributed by atoms with van der Waals surface area (Å²) in [5.74, 6) is -1.28. The fourth-order valence-corrected chi connectivity index (χ4v) is 6.68. The van der Waals surface area contributed by atoms with Crippen molar-refractivity contribution in [1.82, 2.24) is 28.7 Å². The van der Waals surface area contributed by atoms with E-state index in [1.807, 2.05) is 0 Å². The number of hydrogen-bond donors (Lipinski definition) is 0. The largest absolute Gasteiger partial charge is 0.255 e. The summed E-state index contributed by atoms with van der Waals surface area (Å²) < 4.78 is 45.0. The topological polar surface area (TPSA) is 85.4 Å². The molecule has 0 saturated carbocycles. The molecule has 0 spiro atoms. The molecular weight excluding hydrogens is 438 g/mol. The van der Waals surface area contributed by atoms with Gasteiger partial charge in [-0.05, 0) is 36.4 Å². The average Bonchev–Trinajstić information content (AvgIpc) is 3.14. The van der Waals surface area contributed by atoms with Crippen molar-refractivity contribution in [2.24, 2.45) is 7.05 Å². The highest BCUT2D eigenvalue weighted by atomic mass is 35.5. The summed E-state index contributed by atoms with van der Waals surface area (Å²) in [7, 11) is 22.0. The zero-order valence-corrected chi connectivity index (χ0v) is 18.3. The number of fused-ring (bicyclic) bond motifs is 1. The Hall–Kier alpha value is -1.78.